The summed E-state index contributed by atoms with van der Waals surface area (Å²) in [6.07, 6.45) is 0. The molecule has 3 aliphatic heterocycles. The second-order valence-electron chi connectivity index (χ2n) is 16.0. The first-order valence-corrected chi connectivity index (χ1v) is 17.8. The maximum atomic E-state index is 14.3. The summed E-state index contributed by atoms with van der Waals surface area (Å²) in [6, 6.07) is 6.05. The zero-order valence-corrected chi connectivity index (χ0v) is 34.8. The van der Waals surface area contributed by atoms with Crippen molar-refractivity contribution in [3.05, 3.63) is 62.6 Å². The summed E-state index contributed by atoms with van der Waals surface area (Å²) < 4.78 is 73.0. The minimum atomic E-state index is -0.698. The van der Waals surface area contributed by atoms with Gasteiger partial charge in [0, 0.05) is 4.47 Å². The molecule has 3 fully saturated rings. The van der Waals surface area contributed by atoms with Crippen molar-refractivity contribution in [3.8, 4) is 0 Å². The standard InChI is InChI=1S/C15H20BFO4.C12H24B2O4.C9H8BrFO2/c1-9-11(8-7-10(12(9)17)13(18)19-6)16-20-14(2,3)15(4,5)21-16;1-9(2)10(3,4)16-13(15-9)14-17-11(5,6)12(7,8)18-14;1-5-7(10)4-3-6(8(5)11)9(12)13-2/h7-8H,1-6H3;1-8H3;3-4H,1-2H3. The van der Waals surface area contributed by atoms with E-state index in [-0.39, 0.29) is 33.5 Å². The fourth-order valence-electron chi connectivity index (χ4n) is 5.12. The fourth-order valence-corrected chi connectivity index (χ4v) is 5.43. The van der Waals surface area contributed by atoms with Crippen LogP contribution in [0, 0.1) is 25.5 Å². The van der Waals surface area contributed by atoms with Gasteiger partial charge < -0.3 is 37.4 Å². The second kappa shape index (κ2) is 15.4. The highest BCUT2D eigenvalue weighted by Gasteiger charge is 2.63. The van der Waals surface area contributed by atoms with E-state index >= 15 is 0 Å². The van der Waals surface area contributed by atoms with Crippen LogP contribution in [0.15, 0.2) is 28.7 Å². The van der Waals surface area contributed by atoms with Crippen LogP contribution in [0.5, 0.6) is 0 Å². The van der Waals surface area contributed by atoms with Gasteiger partial charge in [0.2, 0.25) is 0 Å². The van der Waals surface area contributed by atoms with Crippen LogP contribution in [0.3, 0.4) is 0 Å². The monoisotopic (exact) mass is 794 g/mol. The van der Waals surface area contributed by atoms with Gasteiger partial charge in [0.25, 0.3) is 0 Å². The van der Waals surface area contributed by atoms with Gasteiger partial charge in [0.15, 0.2) is 0 Å². The summed E-state index contributed by atoms with van der Waals surface area (Å²) >= 11 is 3.16. The minimum absolute atomic E-state index is 0.0387. The number of esters is 2. The normalized spacial score (nSPS) is 21.5. The number of methoxy groups -OCH3 is 2. The van der Waals surface area contributed by atoms with Crippen molar-refractivity contribution in [2.24, 2.45) is 0 Å². The van der Waals surface area contributed by atoms with E-state index in [0.717, 1.165) is 0 Å². The molecule has 0 aromatic heterocycles. The Balaban J connectivity index is 0.000000216. The Morgan fingerprint density at radius 1 is 0.558 bits per heavy atom. The molecule has 0 amide bonds. The molecule has 3 saturated heterocycles. The molecule has 5 rings (SSSR count). The zero-order chi connectivity index (χ0) is 40.0. The summed E-state index contributed by atoms with van der Waals surface area (Å²) in [5.74, 6) is -2.50. The van der Waals surface area contributed by atoms with E-state index in [1.807, 2.05) is 83.1 Å². The lowest BCUT2D eigenvalue weighted by Gasteiger charge is -2.32. The number of halogens is 3. The van der Waals surface area contributed by atoms with Crippen LogP contribution in [0.2, 0.25) is 0 Å². The maximum Gasteiger partial charge on any atom is 0.495 e. The first-order valence-electron chi connectivity index (χ1n) is 17.0. The predicted octanol–water partition coefficient (Wildman–Crippen LogP) is 7.15. The molecule has 286 valence electrons. The van der Waals surface area contributed by atoms with Gasteiger partial charge in [0.1, 0.15) is 11.6 Å². The lowest BCUT2D eigenvalue weighted by atomic mass is 9.49. The summed E-state index contributed by atoms with van der Waals surface area (Å²) in [6.45, 7) is 27.1. The molecule has 0 aliphatic carbocycles. The number of hydrogen-bond donors (Lipinski definition) is 0. The van der Waals surface area contributed by atoms with Gasteiger partial charge in [-0.15, -0.1) is 0 Å². The van der Waals surface area contributed by atoms with Gasteiger partial charge in [-0.2, -0.15) is 0 Å². The highest BCUT2D eigenvalue weighted by molar-refractivity contribution is 9.10. The van der Waals surface area contributed by atoms with Gasteiger partial charge in [-0.1, -0.05) is 22.0 Å². The molecule has 0 radical (unpaired) electrons. The molecule has 3 aliphatic rings. The van der Waals surface area contributed by atoms with Crippen molar-refractivity contribution in [2.75, 3.05) is 14.2 Å². The van der Waals surface area contributed by atoms with Gasteiger partial charge in [-0.3, -0.25) is 0 Å². The van der Waals surface area contributed by atoms with E-state index in [1.54, 1.807) is 26.0 Å². The molecular formula is C36H52B3BrF2O10. The molecule has 2 aromatic carbocycles. The molecule has 0 unspecified atom stereocenters. The second-order valence-corrected chi connectivity index (χ2v) is 16.9. The zero-order valence-electron chi connectivity index (χ0n) is 33.3. The predicted molar refractivity (Wildman–Crippen MR) is 201 cm³/mol. The number of carbonyl (C=O) groups is 2. The third kappa shape index (κ3) is 8.79. The topological polar surface area (TPSA) is 108 Å². The molecule has 52 heavy (non-hydrogen) atoms. The molecular weight excluding hydrogens is 743 g/mol. The van der Waals surface area contributed by atoms with Gasteiger partial charge >= 0.3 is 33.1 Å². The molecule has 0 N–H and O–H groups in total. The number of benzene rings is 2. The number of rotatable bonds is 4. The number of carbonyl (C=O) groups excluding carboxylic acids is 2. The highest BCUT2D eigenvalue weighted by atomic mass is 79.9. The SMILES string of the molecule is CC1(C)OB(B2OC(C)(C)C(C)(C)O2)OC1(C)C.COC(=O)c1ccc(B2OC(C)(C)C(C)(C)O2)c(C)c1F.COC(=O)c1ccc(Br)c(C)c1F. The van der Waals surface area contributed by atoms with E-state index < -0.39 is 55.9 Å². The van der Waals surface area contributed by atoms with E-state index in [4.69, 9.17) is 27.9 Å². The van der Waals surface area contributed by atoms with Crippen LogP contribution in [0.25, 0.3) is 0 Å². The van der Waals surface area contributed by atoms with Gasteiger partial charge in [0.05, 0.1) is 59.0 Å². The smallest absolute Gasteiger partial charge is 0.465 e. The number of ether oxygens (including phenoxy) is 2. The molecule has 0 bridgehead atoms. The van der Waals surface area contributed by atoms with Crippen LogP contribution >= 0.6 is 15.9 Å². The third-order valence-corrected chi connectivity index (χ3v) is 11.7. The van der Waals surface area contributed by atoms with Gasteiger partial charge in [-0.05, 0) is 132 Å². The number of hydrogen-bond acceptors (Lipinski definition) is 10. The van der Waals surface area contributed by atoms with Crippen LogP contribution in [0.1, 0.15) is 115 Å². The third-order valence-electron chi connectivity index (χ3n) is 10.8. The average molecular weight is 795 g/mol. The highest BCUT2D eigenvalue weighted by Crippen LogP contribution is 2.43. The molecule has 0 saturated carbocycles. The molecule has 2 aromatic rings. The first-order chi connectivity index (χ1) is 23.6. The van der Waals surface area contributed by atoms with E-state index in [2.05, 4.69) is 25.4 Å². The lowest BCUT2D eigenvalue weighted by Crippen LogP contribution is -2.41. The Hall–Kier alpha value is -2.33. The Morgan fingerprint density at radius 2 is 0.865 bits per heavy atom. The summed E-state index contributed by atoms with van der Waals surface area (Å²) in [5.41, 5.74) is -1.24. The minimum Gasteiger partial charge on any atom is -0.465 e. The Kier molecular flexibility index (Phi) is 13.1. The van der Waals surface area contributed by atoms with E-state index in [0.29, 0.717) is 21.1 Å². The van der Waals surface area contributed by atoms with Crippen molar-refractivity contribution in [1.29, 1.82) is 0 Å². The van der Waals surface area contributed by atoms with E-state index in [9.17, 15) is 18.4 Å². The molecule has 0 spiro atoms. The Labute approximate surface area is 316 Å². The van der Waals surface area contributed by atoms with Gasteiger partial charge in [-0.25, -0.2) is 18.4 Å². The fraction of sp³-hybridized carbons (Fsp3) is 0.611. The maximum absolute atomic E-state index is 14.3. The Morgan fingerprint density at radius 3 is 1.21 bits per heavy atom. The molecule has 16 heteroatoms. The first kappa shape index (κ1) is 44.1. The molecule has 3 heterocycles. The quantitative estimate of drug-likeness (QED) is 0.234. The van der Waals surface area contributed by atoms with E-state index in [1.165, 1.54) is 26.4 Å². The molecule has 0 atom stereocenters. The molecule has 10 nitrogen and oxygen atoms in total. The van der Waals surface area contributed by atoms with Crippen molar-refractivity contribution in [3.63, 3.8) is 0 Å². The van der Waals surface area contributed by atoms with Crippen molar-refractivity contribution < 1.29 is 55.8 Å². The average Bonchev–Trinajstić information content (AvgIpc) is 3.50. The van der Waals surface area contributed by atoms with Crippen LogP contribution < -0.4 is 5.46 Å². The Bertz CT molecular complexity index is 1580. The summed E-state index contributed by atoms with van der Waals surface area (Å²) in [4.78, 5) is 22.5. The lowest BCUT2D eigenvalue weighted by molar-refractivity contribution is 0.00578. The van der Waals surface area contributed by atoms with Crippen molar-refractivity contribution >= 4 is 54.5 Å². The van der Waals surface area contributed by atoms with Crippen LogP contribution in [-0.2, 0) is 37.4 Å². The van der Waals surface area contributed by atoms with Crippen molar-refractivity contribution in [1.82, 2.24) is 0 Å². The van der Waals surface area contributed by atoms with Crippen molar-refractivity contribution in [2.45, 2.75) is 131 Å². The summed E-state index contributed by atoms with van der Waals surface area (Å²) in [5, 5.41) is 0. The van der Waals surface area contributed by atoms with Crippen LogP contribution in [-0.4, -0.2) is 80.9 Å². The largest absolute Gasteiger partial charge is 0.495 e. The van der Waals surface area contributed by atoms with Crippen LogP contribution in [0.4, 0.5) is 8.78 Å². The summed E-state index contributed by atoms with van der Waals surface area (Å²) in [7, 11) is 0.835.